The number of para-hydroxylation sites is 1. The molecule has 1 heterocycles. The van der Waals surface area contributed by atoms with Gasteiger partial charge >= 0.3 is 0 Å². The van der Waals surface area contributed by atoms with E-state index in [1.165, 1.54) is 104 Å². The van der Waals surface area contributed by atoms with E-state index in [-0.39, 0.29) is 5.41 Å². The molecular weight excluding hydrogens is 627 g/mol. The molecule has 244 valence electrons. The lowest BCUT2D eigenvalue weighted by Crippen LogP contribution is -2.14. The summed E-state index contributed by atoms with van der Waals surface area (Å²) in [5, 5.41) is 10.3. The predicted molar refractivity (Wildman–Crippen MR) is 222 cm³/mol. The van der Waals surface area contributed by atoms with Gasteiger partial charge in [-0.3, -0.25) is 0 Å². The number of nitrogens with zero attached hydrogens (tertiary/aromatic N) is 1. The van der Waals surface area contributed by atoms with Crippen LogP contribution in [-0.4, -0.2) is 4.57 Å². The van der Waals surface area contributed by atoms with E-state index in [1.54, 1.807) is 0 Å². The standard InChI is InChI=1S/C51H35N/c1-51(2)47-20-9-7-18-42(47)45-31-36(24-26-48(45)51)52-49-21-10-8-19-43(49)46-30-35(23-27-50(46)52)33-13-11-12-32(28-33)34-22-25-41-39-16-4-3-14-37(39)38-15-5-6-17-40(38)44(41)29-34/h3-31H,1-2H3. The number of rotatable bonds is 3. The summed E-state index contributed by atoms with van der Waals surface area (Å²) >= 11 is 0. The molecule has 0 bridgehead atoms. The van der Waals surface area contributed by atoms with Crippen LogP contribution in [0, 0.1) is 0 Å². The van der Waals surface area contributed by atoms with E-state index in [9.17, 15) is 0 Å². The average Bonchev–Trinajstić information content (AvgIpc) is 3.65. The summed E-state index contributed by atoms with van der Waals surface area (Å²) in [5.41, 5.74) is 14.0. The van der Waals surface area contributed by atoms with Crippen LogP contribution in [0.4, 0.5) is 0 Å². The second-order valence-electron chi connectivity index (χ2n) is 14.9. The molecule has 1 aromatic heterocycles. The van der Waals surface area contributed by atoms with Crippen LogP contribution in [0.2, 0.25) is 0 Å². The molecule has 11 rings (SSSR count). The fourth-order valence-electron chi connectivity index (χ4n) is 9.24. The normalized spacial score (nSPS) is 13.3. The SMILES string of the molecule is CC1(C)c2ccccc2-c2cc(-n3c4ccccc4c4cc(-c5cccc(-c6ccc7c8ccccc8c8ccccc8c7c6)c5)ccc43)ccc21. The molecule has 0 atom stereocenters. The van der Waals surface area contributed by atoms with Crippen molar-refractivity contribution in [3.05, 3.63) is 187 Å². The molecule has 0 spiro atoms. The van der Waals surface area contributed by atoms with E-state index >= 15 is 0 Å². The van der Waals surface area contributed by atoms with Crippen LogP contribution in [-0.2, 0) is 5.41 Å². The second-order valence-corrected chi connectivity index (χ2v) is 14.9. The highest BCUT2D eigenvalue weighted by molar-refractivity contribution is 6.25. The highest BCUT2D eigenvalue weighted by Crippen LogP contribution is 2.49. The van der Waals surface area contributed by atoms with Gasteiger partial charge in [-0.05, 0) is 119 Å². The van der Waals surface area contributed by atoms with Crippen molar-refractivity contribution in [1.82, 2.24) is 4.57 Å². The monoisotopic (exact) mass is 661 g/mol. The molecule has 0 saturated heterocycles. The lowest BCUT2D eigenvalue weighted by atomic mass is 9.82. The van der Waals surface area contributed by atoms with Crippen LogP contribution >= 0.6 is 0 Å². The zero-order valence-corrected chi connectivity index (χ0v) is 29.2. The van der Waals surface area contributed by atoms with E-state index in [0.29, 0.717) is 0 Å². The van der Waals surface area contributed by atoms with Gasteiger partial charge in [0, 0.05) is 21.9 Å². The van der Waals surface area contributed by atoms with Crippen molar-refractivity contribution in [1.29, 1.82) is 0 Å². The molecule has 1 aliphatic carbocycles. The summed E-state index contributed by atoms with van der Waals surface area (Å²) in [4.78, 5) is 0. The van der Waals surface area contributed by atoms with Gasteiger partial charge in [0.1, 0.15) is 0 Å². The largest absolute Gasteiger partial charge is 0.309 e. The summed E-state index contributed by atoms with van der Waals surface area (Å²) < 4.78 is 2.45. The number of hydrogen-bond donors (Lipinski definition) is 0. The molecular formula is C51H35N. The van der Waals surface area contributed by atoms with Gasteiger partial charge < -0.3 is 4.57 Å². The topological polar surface area (TPSA) is 4.93 Å². The minimum absolute atomic E-state index is 0.0102. The fourth-order valence-corrected chi connectivity index (χ4v) is 9.24. The molecule has 10 aromatic rings. The molecule has 1 heteroatoms. The Balaban J connectivity index is 1.04. The van der Waals surface area contributed by atoms with Gasteiger partial charge in [-0.25, -0.2) is 0 Å². The quantitative estimate of drug-likeness (QED) is 0.166. The van der Waals surface area contributed by atoms with Gasteiger partial charge in [0.25, 0.3) is 0 Å². The Hall–Kier alpha value is -6.44. The first kappa shape index (κ1) is 29.3. The van der Waals surface area contributed by atoms with Gasteiger partial charge in [-0.15, -0.1) is 0 Å². The van der Waals surface area contributed by atoms with Crippen molar-refractivity contribution in [3.63, 3.8) is 0 Å². The van der Waals surface area contributed by atoms with Gasteiger partial charge in [-0.1, -0.05) is 147 Å². The Morgan fingerprint density at radius 1 is 0.327 bits per heavy atom. The molecule has 0 fully saturated rings. The third-order valence-electron chi connectivity index (χ3n) is 11.8. The van der Waals surface area contributed by atoms with Crippen LogP contribution in [0.5, 0.6) is 0 Å². The first-order valence-corrected chi connectivity index (χ1v) is 18.3. The van der Waals surface area contributed by atoms with Gasteiger partial charge in [0.2, 0.25) is 0 Å². The lowest BCUT2D eigenvalue weighted by molar-refractivity contribution is 0.660. The third-order valence-corrected chi connectivity index (χ3v) is 11.8. The minimum atomic E-state index is -0.0102. The number of fused-ring (bicyclic) bond motifs is 12. The average molecular weight is 662 g/mol. The van der Waals surface area contributed by atoms with E-state index < -0.39 is 0 Å². The highest BCUT2D eigenvalue weighted by Gasteiger charge is 2.35. The first-order chi connectivity index (χ1) is 25.5. The van der Waals surface area contributed by atoms with Crippen molar-refractivity contribution >= 4 is 54.1 Å². The van der Waals surface area contributed by atoms with Crippen LogP contribution in [0.25, 0.3) is 93.2 Å². The highest BCUT2D eigenvalue weighted by atomic mass is 15.0. The molecule has 0 saturated carbocycles. The van der Waals surface area contributed by atoms with Crippen molar-refractivity contribution in [2.24, 2.45) is 0 Å². The minimum Gasteiger partial charge on any atom is -0.309 e. The first-order valence-electron chi connectivity index (χ1n) is 18.3. The summed E-state index contributed by atoms with van der Waals surface area (Å²) in [5.74, 6) is 0. The van der Waals surface area contributed by atoms with Gasteiger partial charge in [-0.2, -0.15) is 0 Å². The van der Waals surface area contributed by atoms with Gasteiger partial charge in [0.15, 0.2) is 0 Å². The maximum atomic E-state index is 2.45. The van der Waals surface area contributed by atoms with Crippen molar-refractivity contribution < 1.29 is 0 Å². The smallest absolute Gasteiger partial charge is 0.0541 e. The molecule has 0 radical (unpaired) electrons. The molecule has 52 heavy (non-hydrogen) atoms. The molecule has 1 nitrogen and oxygen atoms in total. The predicted octanol–water partition coefficient (Wildman–Crippen LogP) is 13.9. The molecule has 0 amide bonds. The Kier molecular flexibility index (Phi) is 6.08. The molecule has 9 aromatic carbocycles. The summed E-state index contributed by atoms with van der Waals surface area (Å²) in [6.07, 6.45) is 0. The third kappa shape index (κ3) is 4.11. The van der Waals surface area contributed by atoms with Crippen molar-refractivity contribution in [2.45, 2.75) is 19.3 Å². The van der Waals surface area contributed by atoms with E-state index in [1.807, 2.05) is 0 Å². The molecule has 0 unspecified atom stereocenters. The second kappa shape index (κ2) is 10.8. The zero-order valence-electron chi connectivity index (χ0n) is 29.2. The Bertz CT molecular complexity index is 3060. The van der Waals surface area contributed by atoms with Gasteiger partial charge in [0.05, 0.1) is 11.0 Å². The summed E-state index contributed by atoms with van der Waals surface area (Å²) in [6.45, 7) is 4.69. The number of aromatic nitrogens is 1. The van der Waals surface area contributed by atoms with Crippen LogP contribution in [0.1, 0.15) is 25.0 Å². The molecule has 0 aliphatic heterocycles. The maximum absolute atomic E-state index is 2.45. The van der Waals surface area contributed by atoms with Crippen LogP contribution in [0.3, 0.4) is 0 Å². The maximum Gasteiger partial charge on any atom is 0.0541 e. The van der Waals surface area contributed by atoms with Crippen molar-refractivity contribution in [3.8, 4) is 39.1 Å². The van der Waals surface area contributed by atoms with Crippen LogP contribution < -0.4 is 0 Å². The summed E-state index contributed by atoms with van der Waals surface area (Å²) in [6, 6.07) is 65.4. The van der Waals surface area contributed by atoms with E-state index in [0.717, 1.165) is 0 Å². The van der Waals surface area contributed by atoms with Crippen molar-refractivity contribution in [2.75, 3.05) is 0 Å². The number of benzene rings is 9. The number of hydrogen-bond acceptors (Lipinski definition) is 0. The van der Waals surface area contributed by atoms with Crippen LogP contribution in [0.15, 0.2) is 176 Å². The Labute approximate surface area is 303 Å². The summed E-state index contributed by atoms with van der Waals surface area (Å²) in [7, 11) is 0. The Morgan fingerprint density at radius 2 is 0.846 bits per heavy atom. The van der Waals surface area contributed by atoms with E-state index in [4.69, 9.17) is 0 Å². The zero-order chi connectivity index (χ0) is 34.6. The van der Waals surface area contributed by atoms with E-state index in [2.05, 4.69) is 194 Å². The molecule has 0 N–H and O–H groups in total. The fraction of sp³-hybridized carbons (Fsp3) is 0.0588. The Morgan fingerprint density at radius 3 is 1.58 bits per heavy atom. The molecule has 1 aliphatic rings. The lowest BCUT2D eigenvalue weighted by Gasteiger charge is -2.21.